The Morgan fingerprint density at radius 2 is 2.36 bits per heavy atom. The number of nitrogens with one attached hydrogen (secondary N) is 1. The molecule has 0 radical (unpaired) electrons. The Balaban J connectivity index is 2.71. The van der Waals surface area contributed by atoms with Crippen molar-refractivity contribution in [2.24, 2.45) is 0 Å². The molecule has 0 aliphatic heterocycles. The van der Waals surface area contributed by atoms with E-state index in [0.29, 0.717) is 5.76 Å². The summed E-state index contributed by atoms with van der Waals surface area (Å²) in [5.41, 5.74) is 0. The van der Waals surface area contributed by atoms with E-state index in [9.17, 15) is 0 Å². The van der Waals surface area contributed by atoms with Gasteiger partial charge in [-0.2, -0.15) is 0 Å². The van der Waals surface area contributed by atoms with Crippen LogP contribution in [0.5, 0.6) is 0 Å². The highest BCUT2D eigenvalue weighted by Gasteiger charge is 2.06. The Morgan fingerprint density at radius 1 is 1.64 bits per heavy atom. The Labute approximate surface area is 66.0 Å². The fourth-order valence-corrected chi connectivity index (χ4v) is 0.854. The van der Waals surface area contributed by atoms with Crippen molar-refractivity contribution in [2.75, 3.05) is 7.05 Å². The Hall–Kier alpha value is -0.800. The molecule has 1 aromatic rings. The maximum Gasteiger partial charge on any atom is 0.129 e. The van der Waals surface area contributed by atoms with Crippen LogP contribution in [0.1, 0.15) is 24.5 Å². The number of furan rings is 1. The first kappa shape index (κ1) is 8.30. The molecule has 11 heavy (non-hydrogen) atoms. The van der Waals surface area contributed by atoms with E-state index in [1.165, 1.54) is 0 Å². The second-order valence-electron chi connectivity index (χ2n) is 2.47. The van der Waals surface area contributed by atoms with Gasteiger partial charge in [-0.25, -0.2) is 0 Å². The van der Waals surface area contributed by atoms with E-state index >= 15 is 0 Å². The van der Waals surface area contributed by atoms with Crippen LogP contribution in [-0.4, -0.2) is 12.2 Å². The first-order valence-electron chi connectivity index (χ1n) is 3.64. The van der Waals surface area contributed by atoms with Crippen LogP contribution in [0.3, 0.4) is 0 Å². The average molecular weight is 155 g/mol. The summed E-state index contributed by atoms with van der Waals surface area (Å²) < 4.78 is 5.27. The lowest BCUT2D eigenvalue weighted by Gasteiger charge is -2.04. The molecule has 1 aromatic heterocycles. The predicted octanol–water partition coefficient (Wildman–Crippen LogP) is 1.05. The van der Waals surface area contributed by atoms with E-state index < -0.39 is 0 Å². The third-order valence-electron chi connectivity index (χ3n) is 1.70. The normalized spacial score (nSPS) is 13.4. The number of hydrogen-bond donors (Lipinski definition) is 2. The van der Waals surface area contributed by atoms with Crippen LogP contribution in [0, 0.1) is 0 Å². The van der Waals surface area contributed by atoms with Gasteiger partial charge in [-0.3, -0.25) is 0 Å². The van der Waals surface area contributed by atoms with Gasteiger partial charge in [-0.1, -0.05) is 0 Å². The number of aliphatic hydroxyl groups excluding tert-OH is 1. The van der Waals surface area contributed by atoms with E-state index in [0.717, 1.165) is 5.76 Å². The van der Waals surface area contributed by atoms with E-state index in [1.807, 2.05) is 20.0 Å². The highest BCUT2D eigenvalue weighted by Crippen LogP contribution is 2.15. The minimum absolute atomic E-state index is 0.0313. The quantitative estimate of drug-likeness (QED) is 0.685. The first-order chi connectivity index (χ1) is 5.27. The lowest BCUT2D eigenvalue weighted by molar-refractivity contribution is 0.241. The van der Waals surface area contributed by atoms with Crippen LogP contribution in [-0.2, 0) is 6.61 Å². The maximum absolute atomic E-state index is 8.69. The molecule has 1 heterocycles. The molecule has 3 heteroatoms. The maximum atomic E-state index is 8.69. The van der Waals surface area contributed by atoms with Crippen LogP contribution in [0.4, 0.5) is 0 Å². The Kier molecular flexibility index (Phi) is 2.68. The van der Waals surface area contributed by atoms with Gasteiger partial charge in [-0.15, -0.1) is 0 Å². The highest BCUT2D eigenvalue weighted by molar-refractivity contribution is 5.09. The zero-order valence-corrected chi connectivity index (χ0v) is 6.79. The van der Waals surface area contributed by atoms with E-state index in [-0.39, 0.29) is 12.6 Å². The van der Waals surface area contributed by atoms with Crippen molar-refractivity contribution >= 4 is 0 Å². The van der Waals surface area contributed by atoms with Crippen LogP contribution in [0.25, 0.3) is 0 Å². The van der Waals surface area contributed by atoms with Crippen molar-refractivity contribution in [3.05, 3.63) is 23.7 Å². The summed E-state index contributed by atoms with van der Waals surface area (Å²) in [6, 6.07) is 3.85. The largest absolute Gasteiger partial charge is 0.462 e. The molecule has 3 nitrogen and oxygen atoms in total. The van der Waals surface area contributed by atoms with Crippen molar-refractivity contribution in [3.8, 4) is 0 Å². The van der Waals surface area contributed by atoms with Crippen molar-refractivity contribution in [1.29, 1.82) is 0 Å². The van der Waals surface area contributed by atoms with Gasteiger partial charge in [0.25, 0.3) is 0 Å². The van der Waals surface area contributed by atoms with E-state index in [2.05, 4.69) is 5.32 Å². The minimum Gasteiger partial charge on any atom is -0.462 e. The summed E-state index contributed by atoms with van der Waals surface area (Å²) in [4.78, 5) is 0. The molecule has 0 bridgehead atoms. The molecule has 0 amide bonds. The van der Waals surface area contributed by atoms with Gasteiger partial charge in [0.2, 0.25) is 0 Å². The monoisotopic (exact) mass is 155 g/mol. The zero-order valence-electron chi connectivity index (χ0n) is 6.79. The molecule has 0 aliphatic rings. The van der Waals surface area contributed by atoms with E-state index in [4.69, 9.17) is 9.52 Å². The van der Waals surface area contributed by atoms with Crippen LogP contribution in [0.15, 0.2) is 16.5 Å². The summed E-state index contributed by atoms with van der Waals surface area (Å²) in [6.45, 7) is 1.97. The fraction of sp³-hybridized carbons (Fsp3) is 0.500. The van der Waals surface area contributed by atoms with Gasteiger partial charge in [0.05, 0.1) is 6.04 Å². The van der Waals surface area contributed by atoms with Crippen LogP contribution in [0.2, 0.25) is 0 Å². The molecule has 0 spiro atoms. The third kappa shape index (κ3) is 1.82. The van der Waals surface area contributed by atoms with Gasteiger partial charge in [0.15, 0.2) is 0 Å². The summed E-state index contributed by atoms with van der Waals surface area (Å²) in [7, 11) is 1.87. The SMILES string of the molecule is CN[C@@H](C)c1ccc(CO)o1. The summed E-state index contributed by atoms with van der Waals surface area (Å²) >= 11 is 0. The van der Waals surface area contributed by atoms with Gasteiger partial charge in [-0.05, 0) is 26.1 Å². The summed E-state index contributed by atoms with van der Waals surface area (Å²) in [5.74, 6) is 1.47. The van der Waals surface area contributed by atoms with Crippen molar-refractivity contribution in [3.63, 3.8) is 0 Å². The lowest BCUT2D eigenvalue weighted by Crippen LogP contribution is -2.11. The highest BCUT2D eigenvalue weighted by atomic mass is 16.4. The molecule has 1 rings (SSSR count). The lowest BCUT2D eigenvalue weighted by atomic mass is 10.3. The fourth-order valence-electron chi connectivity index (χ4n) is 0.854. The second kappa shape index (κ2) is 3.55. The Bertz CT molecular complexity index is 220. The predicted molar refractivity (Wildman–Crippen MR) is 42.1 cm³/mol. The molecule has 62 valence electrons. The van der Waals surface area contributed by atoms with Gasteiger partial charge < -0.3 is 14.8 Å². The van der Waals surface area contributed by atoms with Crippen LogP contribution >= 0.6 is 0 Å². The first-order valence-corrected chi connectivity index (χ1v) is 3.64. The molecule has 2 N–H and O–H groups in total. The summed E-state index contributed by atoms with van der Waals surface area (Å²) in [5, 5.41) is 11.7. The zero-order chi connectivity index (χ0) is 8.27. The van der Waals surface area contributed by atoms with Crippen molar-refractivity contribution in [1.82, 2.24) is 5.32 Å². The van der Waals surface area contributed by atoms with Gasteiger partial charge in [0, 0.05) is 0 Å². The van der Waals surface area contributed by atoms with E-state index in [1.54, 1.807) is 6.07 Å². The third-order valence-corrected chi connectivity index (χ3v) is 1.70. The van der Waals surface area contributed by atoms with Gasteiger partial charge in [0.1, 0.15) is 18.1 Å². The topological polar surface area (TPSA) is 45.4 Å². The number of aliphatic hydroxyl groups is 1. The molecule has 1 atom stereocenters. The number of rotatable bonds is 3. The molecule has 0 unspecified atom stereocenters. The standard InChI is InChI=1S/C8H13NO2/c1-6(9-2)8-4-3-7(5-10)11-8/h3-4,6,9-10H,5H2,1-2H3/t6-/m0/s1. The Morgan fingerprint density at radius 3 is 2.82 bits per heavy atom. The van der Waals surface area contributed by atoms with Gasteiger partial charge >= 0.3 is 0 Å². The van der Waals surface area contributed by atoms with Crippen molar-refractivity contribution < 1.29 is 9.52 Å². The smallest absolute Gasteiger partial charge is 0.129 e. The molecule has 0 aliphatic carbocycles. The average Bonchev–Trinajstić information content (AvgIpc) is 2.50. The molecule has 0 saturated heterocycles. The molecular weight excluding hydrogens is 142 g/mol. The van der Waals surface area contributed by atoms with Crippen molar-refractivity contribution in [2.45, 2.75) is 19.6 Å². The second-order valence-corrected chi connectivity index (χ2v) is 2.47. The molecule has 0 fully saturated rings. The molecule has 0 saturated carbocycles. The molecule has 0 aromatic carbocycles. The summed E-state index contributed by atoms with van der Waals surface area (Å²) in [6.07, 6.45) is 0. The molecular formula is C8H13NO2. The number of hydrogen-bond acceptors (Lipinski definition) is 3. The minimum atomic E-state index is -0.0313. The van der Waals surface area contributed by atoms with Crippen LogP contribution < -0.4 is 5.32 Å².